The van der Waals surface area contributed by atoms with Crippen molar-refractivity contribution in [1.29, 1.82) is 0 Å². The molecule has 25 heavy (non-hydrogen) atoms. The highest BCUT2D eigenvalue weighted by atomic mass is 32.2. The number of carbonyl (C=O) groups excluding carboxylic acids is 1. The lowest BCUT2D eigenvalue weighted by Gasteiger charge is -2.56. The van der Waals surface area contributed by atoms with Gasteiger partial charge in [0.05, 0.1) is 18.0 Å². The van der Waals surface area contributed by atoms with E-state index in [0.29, 0.717) is 10.5 Å². The average Bonchev–Trinajstić information content (AvgIpc) is 3.10. The third kappa shape index (κ3) is 3.03. The maximum atomic E-state index is 12.7. The molecular weight excluding hydrogens is 328 g/mol. The SMILES string of the molecule is O=C(CSC12CC3CC(CC(C3)C1)C2)N1CCC(c2ccccc2)=N1. The molecule has 4 fully saturated rings. The molecule has 1 aromatic carbocycles. The molecule has 1 amide bonds. The predicted molar refractivity (Wildman–Crippen MR) is 103 cm³/mol. The second-order valence-electron chi connectivity index (χ2n) is 8.57. The van der Waals surface area contributed by atoms with Crippen LogP contribution in [0.3, 0.4) is 0 Å². The normalized spacial score (nSPS) is 35.9. The molecule has 0 atom stereocenters. The summed E-state index contributed by atoms with van der Waals surface area (Å²) in [5.41, 5.74) is 2.19. The minimum atomic E-state index is 0.201. The molecule has 132 valence electrons. The Morgan fingerprint density at radius 3 is 2.36 bits per heavy atom. The lowest BCUT2D eigenvalue weighted by Crippen LogP contribution is -2.49. The first-order chi connectivity index (χ1) is 12.2. The number of benzene rings is 1. The highest BCUT2D eigenvalue weighted by molar-refractivity contribution is 8.01. The number of hydrazone groups is 1. The molecule has 5 aliphatic rings. The quantitative estimate of drug-likeness (QED) is 0.806. The van der Waals surface area contributed by atoms with Crippen molar-refractivity contribution in [2.75, 3.05) is 12.3 Å². The number of thioether (sulfide) groups is 1. The highest BCUT2D eigenvalue weighted by Crippen LogP contribution is 2.60. The van der Waals surface area contributed by atoms with Gasteiger partial charge in [-0.05, 0) is 61.8 Å². The maximum absolute atomic E-state index is 12.7. The van der Waals surface area contributed by atoms with Gasteiger partial charge >= 0.3 is 0 Å². The van der Waals surface area contributed by atoms with Crippen LogP contribution < -0.4 is 0 Å². The summed E-state index contributed by atoms with van der Waals surface area (Å²) in [5, 5.41) is 6.33. The van der Waals surface area contributed by atoms with E-state index in [1.807, 2.05) is 30.0 Å². The largest absolute Gasteiger partial charge is 0.272 e. The zero-order valence-electron chi connectivity index (χ0n) is 14.7. The van der Waals surface area contributed by atoms with Crippen molar-refractivity contribution in [3.8, 4) is 0 Å². The van der Waals surface area contributed by atoms with E-state index >= 15 is 0 Å². The Labute approximate surface area is 154 Å². The molecule has 4 aliphatic carbocycles. The Balaban J connectivity index is 1.22. The zero-order valence-corrected chi connectivity index (χ0v) is 15.5. The van der Waals surface area contributed by atoms with Gasteiger partial charge in [-0.3, -0.25) is 4.79 Å². The number of rotatable bonds is 4. The number of nitrogens with zero attached hydrogens (tertiary/aromatic N) is 2. The summed E-state index contributed by atoms with van der Waals surface area (Å²) in [6, 6.07) is 10.2. The fourth-order valence-electron chi connectivity index (χ4n) is 5.97. The first-order valence-corrected chi connectivity index (χ1v) is 10.7. The van der Waals surface area contributed by atoms with Gasteiger partial charge in [0.15, 0.2) is 0 Å². The van der Waals surface area contributed by atoms with E-state index in [4.69, 9.17) is 0 Å². The van der Waals surface area contributed by atoms with Gasteiger partial charge in [0.25, 0.3) is 5.91 Å². The van der Waals surface area contributed by atoms with E-state index in [1.54, 1.807) is 5.01 Å². The Hall–Kier alpha value is -1.29. The van der Waals surface area contributed by atoms with Crippen LogP contribution in [0.25, 0.3) is 0 Å². The van der Waals surface area contributed by atoms with E-state index in [2.05, 4.69) is 17.2 Å². The molecule has 1 aromatic rings. The molecule has 0 saturated heterocycles. The second kappa shape index (κ2) is 6.15. The third-order valence-electron chi connectivity index (χ3n) is 6.68. The predicted octanol–water partition coefficient (Wildman–Crippen LogP) is 4.33. The Bertz CT molecular complexity index is 664. The standard InChI is InChI=1S/C21H26N2OS/c24-20(23-7-6-19(22-23)18-4-2-1-3-5-18)14-25-21-11-15-8-16(12-21)10-17(9-15)13-21/h1-5,15-17H,6-14H2. The first kappa shape index (κ1) is 15.9. The fraction of sp³-hybridized carbons (Fsp3) is 0.619. The van der Waals surface area contributed by atoms with Gasteiger partial charge in [0.1, 0.15) is 0 Å². The molecule has 0 aromatic heterocycles. The van der Waals surface area contributed by atoms with Gasteiger partial charge in [0.2, 0.25) is 0 Å². The fourth-order valence-corrected chi connectivity index (χ4v) is 7.61. The van der Waals surface area contributed by atoms with E-state index in [0.717, 1.165) is 42.0 Å². The van der Waals surface area contributed by atoms with E-state index in [1.165, 1.54) is 38.5 Å². The minimum Gasteiger partial charge on any atom is -0.272 e. The summed E-state index contributed by atoms with van der Waals surface area (Å²) in [6.07, 6.45) is 9.33. The van der Waals surface area contributed by atoms with Crippen molar-refractivity contribution >= 4 is 23.4 Å². The van der Waals surface area contributed by atoms with Crippen molar-refractivity contribution in [3.05, 3.63) is 35.9 Å². The molecular formula is C21H26N2OS. The molecule has 0 radical (unpaired) electrons. The molecule has 4 bridgehead atoms. The number of carbonyl (C=O) groups is 1. The van der Waals surface area contributed by atoms with Crippen LogP contribution in [-0.4, -0.2) is 33.7 Å². The van der Waals surface area contributed by atoms with E-state index in [-0.39, 0.29) is 5.91 Å². The molecule has 1 aliphatic heterocycles. The molecule has 0 spiro atoms. The highest BCUT2D eigenvalue weighted by Gasteiger charge is 2.51. The van der Waals surface area contributed by atoms with Crippen LogP contribution in [-0.2, 0) is 4.79 Å². The first-order valence-electron chi connectivity index (χ1n) is 9.76. The third-order valence-corrected chi connectivity index (χ3v) is 8.18. The molecule has 3 nitrogen and oxygen atoms in total. The van der Waals surface area contributed by atoms with Gasteiger partial charge in [0, 0.05) is 11.2 Å². The van der Waals surface area contributed by atoms with Gasteiger partial charge in [-0.15, -0.1) is 11.8 Å². The monoisotopic (exact) mass is 354 g/mol. The lowest BCUT2D eigenvalue weighted by atomic mass is 9.56. The zero-order chi connectivity index (χ0) is 16.9. The topological polar surface area (TPSA) is 32.7 Å². The summed E-state index contributed by atoms with van der Waals surface area (Å²) < 4.78 is 0.413. The smallest absolute Gasteiger partial charge is 0.252 e. The average molecular weight is 355 g/mol. The van der Waals surface area contributed by atoms with Crippen LogP contribution in [0.2, 0.25) is 0 Å². The van der Waals surface area contributed by atoms with Crippen LogP contribution in [0.5, 0.6) is 0 Å². The summed E-state index contributed by atoms with van der Waals surface area (Å²) in [6.45, 7) is 0.741. The van der Waals surface area contributed by atoms with Crippen molar-refractivity contribution < 1.29 is 4.79 Å². The maximum Gasteiger partial charge on any atom is 0.252 e. The summed E-state index contributed by atoms with van der Waals surface area (Å²) in [5.74, 6) is 3.65. The second-order valence-corrected chi connectivity index (χ2v) is 10.0. The molecule has 6 rings (SSSR count). The number of hydrogen-bond acceptors (Lipinski definition) is 3. The van der Waals surface area contributed by atoms with E-state index in [9.17, 15) is 4.79 Å². The molecule has 4 saturated carbocycles. The van der Waals surface area contributed by atoms with Crippen molar-refractivity contribution in [2.45, 2.75) is 49.7 Å². The van der Waals surface area contributed by atoms with Crippen LogP contribution in [0.15, 0.2) is 35.4 Å². The summed E-state index contributed by atoms with van der Waals surface area (Å²) >= 11 is 1.97. The van der Waals surface area contributed by atoms with E-state index < -0.39 is 0 Å². The van der Waals surface area contributed by atoms with Crippen LogP contribution >= 0.6 is 11.8 Å². The molecule has 0 unspecified atom stereocenters. The van der Waals surface area contributed by atoms with Crippen molar-refractivity contribution in [1.82, 2.24) is 5.01 Å². The van der Waals surface area contributed by atoms with Gasteiger partial charge in [-0.2, -0.15) is 5.10 Å². The Kier molecular flexibility index (Phi) is 3.92. The van der Waals surface area contributed by atoms with Crippen LogP contribution in [0, 0.1) is 17.8 Å². The Morgan fingerprint density at radius 1 is 1.08 bits per heavy atom. The molecule has 0 N–H and O–H groups in total. The lowest BCUT2D eigenvalue weighted by molar-refractivity contribution is -0.127. The van der Waals surface area contributed by atoms with Gasteiger partial charge in [-0.25, -0.2) is 5.01 Å². The van der Waals surface area contributed by atoms with Gasteiger partial charge in [-0.1, -0.05) is 30.3 Å². The molecule has 1 heterocycles. The number of amides is 1. The van der Waals surface area contributed by atoms with Crippen LogP contribution in [0.4, 0.5) is 0 Å². The molecule has 4 heteroatoms. The summed E-state index contributed by atoms with van der Waals surface area (Å²) in [4.78, 5) is 12.7. The summed E-state index contributed by atoms with van der Waals surface area (Å²) in [7, 11) is 0. The Morgan fingerprint density at radius 2 is 1.72 bits per heavy atom. The van der Waals surface area contributed by atoms with Crippen LogP contribution in [0.1, 0.15) is 50.5 Å². The van der Waals surface area contributed by atoms with Gasteiger partial charge < -0.3 is 0 Å². The van der Waals surface area contributed by atoms with Crippen molar-refractivity contribution in [2.24, 2.45) is 22.9 Å². The van der Waals surface area contributed by atoms with Crippen molar-refractivity contribution in [3.63, 3.8) is 0 Å². The minimum absolute atomic E-state index is 0.201. The number of hydrogen-bond donors (Lipinski definition) is 0.